The molecule has 0 aromatic heterocycles. The van der Waals surface area contributed by atoms with Crippen molar-refractivity contribution in [3.63, 3.8) is 0 Å². The lowest BCUT2D eigenvalue weighted by Gasteiger charge is -2.34. The van der Waals surface area contributed by atoms with Crippen LogP contribution < -0.4 is 0 Å². The van der Waals surface area contributed by atoms with E-state index in [1.165, 1.54) is 4.31 Å². The van der Waals surface area contributed by atoms with Gasteiger partial charge in [0.15, 0.2) is 0 Å². The molecule has 0 N–H and O–H groups in total. The monoisotopic (exact) mass is 454 g/mol. The molecule has 1 unspecified atom stereocenters. The van der Waals surface area contributed by atoms with Crippen LogP contribution in [0.2, 0.25) is 10.0 Å². The zero-order valence-electron chi connectivity index (χ0n) is 16.4. The number of amides is 1. The molecule has 3 rings (SSSR count). The molecule has 0 radical (unpaired) electrons. The lowest BCUT2D eigenvalue weighted by Crippen LogP contribution is -2.44. The van der Waals surface area contributed by atoms with Crippen molar-refractivity contribution in [1.29, 1.82) is 0 Å². The van der Waals surface area contributed by atoms with Gasteiger partial charge in [-0.25, -0.2) is 8.42 Å². The van der Waals surface area contributed by atoms with Gasteiger partial charge < -0.3 is 4.90 Å². The van der Waals surface area contributed by atoms with Crippen molar-refractivity contribution in [1.82, 2.24) is 9.21 Å². The Hall–Kier alpha value is -1.60. The highest BCUT2D eigenvalue weighted by atomic mass is 35.5. The maximum Gasteiger partial charge on any atom is 0.243 e. The van der Waals surface area contributed by atoms with E-state index in [4.69, 9.17) is 23.2 Å². The van der Waals surface area contributed by atoms with E-state index < -0.39 is 10.0 Å². The highest BCUT2D eigenvalue weighted by Gasteiger charge is 2.34. The lowest BCUT2D eigenvalue weighted by molar-refractivity contribution is -0.137. The predicted molar refractivity (Wildman–Crippen MR) is 116 cm³/mol. The van der Waals surface area contributed by atoms with Gasteiger partial charge in [-0.3, -0.25) is 4.79 Å². The zero-order valence-corrected chi connectivity index (χ0v) is 18.7. The fraction of sp³-hybridized carbons (Fsp3) is 0.381. The highest BCUT2D eigenvalue weighted by molar-refractivity contribution is 7.89. The minimum atomic E-state index is -3.52. The molecule has 0 spiro atoms. The van der Waals surface area contributed by atoms with Crippen LogP contribution in [-0.4, -0.2) is 43.7 Å². The van der Waals surface area contributed by atoms with E-state index in [1.807, 2.05) is 13.0 Å². The van der Waals surface area contributed by atoms with Crippen LogP contribution in [-0.2, 0) is 14.8 Å². The van der Waals surface area contributed by atoms with Crippen molar-refractivity contribution < 1.29 is 13.2 Å². The minimum Gasteiger partial charge on any atom is -0.339 e. The van der Waals surface area contributed by atoms with Crippen molar-refractivity contribution in [3.05, 3.63) is 64.1 Å². The predicted octanol–water partition coefficient (Wildman–Crippen LogP) is 4.61. The molecule has 5 nitrogen and oxygen atoms in total. The third kappa shape index (κ3) is 4.77. The number of halogens is 2. The third-order valence-corrected chi connectivity index (χ3v) is 8.00. The van der Waals surface area contributed by atoms with E-state index in [-0.39, 0.29) is 22.8 Å². The zero-order chi connectivity index (χ0) is 21.2. The van der Waals surface area contributed by atoms with E-state index in [1.54, 1.807) is 54.4 Å². The van der Waals surface area contributed by atoms with E-state index in [2.05, 4.69) is 0 Å². The topological polar surface area (TPSA) is 57.7 Å². The van der Waals surface area contributed by atoms with Crippen LogP contribution in [0.1, 0.15) is 31.4 Å². The van der Waals surface area contributed by atoms with Crippen LogP contribution in [0.5, 0.6) is 0 Å². The second-order valence-corrected chi connectivity index (χ2v) is 10.1. The molecule has 0 saturated carbocycles. The Morgan fingerprint density at radius 2 is 1.72 bits per heavy atom. The van der Waals surface area contributed by atoms with Crippen LogP contribution in [0.4, 0.5) is 0 Å². The number of nitrogens with zero attached hydrogens (tertiary/aromatic N) is 2. The standard InChI is InChI=1S/C21H24Cl2N2O3S/c1-15(19-9-8-17(22)14-20(19)23)24(2)21(26)16-10-12-25(13-11-16)29(27,28)18-6-4-3-5-7-18/h3-9,14-16H,10-13H2,1-2H3. The molecule has 1 saturated heterocycles. The Morgan fingerprint density at radius 3 is 2.31 bits per heavy atom. The van der Waals surface area contributed by atoms with Gasteiger partial charge in [0, 0.05) is 36.1 Å². The first-order chi connectivity index (χ1) is 13.7. The summed E-state index contributed by atoms with van der Waals surface area (Å²) in [5, 5.41) is 1.07. The molecule has 1 aliphatic heterocycles. The van der Waals surface area contributed by atoms with Gasteiger partial charge in [-0.1, -0.05) is 47.5 Å². The quantitative estimate of drug-likeness (QED) is 0.662. The van der Waals surface area contributed by atoms with E-state index in [0.29, 0.717) is 36.0 Å². The van der Waals surface area contributed by atoms with Crippen molar-refractivity contribution in [2.24, 2.45) is 5.92 Å². The van der Waals surface area contributed by atoms with Crippen molar-refractivity contribution in [3.8, 4) is 0 Å². The molecule has 1 fully saturated rings. The number of hydrogen-bond donors (Lipinski definition) is 0. The second-order valence-electron chi connectivity index (χ2n) is 7.28. The van der Waals surface area contributed by atoms with Crippen molar-refractivity contribution in [2.75, 3.05) is 20.1 Å². The SMILES string of the molecule is CC(c1ccc(Cl)cc1Cl)N(C)C(=O)C1CCN(S(=O)(=O)c2ccccc2)CC1. The molecule has 1 atom stereocenters. The minimum absolute atomic E-state index is 0.000255. The van der Waals surface area contributed by atoms with Crippen LogP contribution in [0.3, 0.4) is 0 Å². The molecule has 1 heterocycles. The van der Waals surface area contributed by atoms with E-state index in [0.717, 1.165) is 5.56 Å². The second kappa shape index (κ2) is 9.04. The first-order valence-corrected chi connectivity index (χ1v) is 11.7. The summed E-state index contributed by atoms with van der Waals surface area (Å²) in [6, 6.07) is 13.4. The normalized spacial score (nSPS) is 17.1. The van der Waals surface area contributed by atoms with Gasteiger partial charge in [0.2, 0.25) is 15.9 Å². The van der Waals surface area contributed by atoms with Gasteiger partial charge in [0.1, 0.15) is 0 Å². The smallest absolute Gasteiger partial charge is 0.243 e. The summed E-state index contributed by atoms with van der Waals surface area (Å²) in [7, 11) is -1.77. The summed E-state index contributed by atoms with van der Waals surface area (Å²) in [6.45, 7) is 2.58. The summed E-state index contributed by atoms with van der Waals surface area (Å²) in [5.74, 6) is -0.212. The van der Waals surface area contributed by atoms with Crippen LogP contribution in [0.15, 0.2) is 53.4 Å². The van der Waals surface area contributed by atoms with Gasteiger partial charge in [-0.15, -0.1) is 0 Å². The molecule has 0 bridgehead atoms. The Kier molecular flexibility index (Phi) is 6.89. The summed E-state index contributed by atoms with van der Waals surface area (Å²) in [5.41, 5.74) is 0.830. The van der Waals surface area contributed by atoms with Gasteiger partial charge in [0.05, 0.1) is 10.9 Å². The average Bonchev–Trinajstić information content (AvgIpc) is 2.73. The number of hydrogen-bond acceptors (Lipinski definition) is 3. The third-order valence-electron chi connectivity index (χ3n) is 5.53. The maximum atomic E-state index is 13.0. The Balaban J connectivity index is 1.65. The largest absolute Gasteiger partial charge is 0.339 e. The molecule has 2 aromatic rings. The Labute approximate surface area is 182 Å². The Morgan fingerprint density at radius 1 is 1.10 bits per heavy atom. The number of carbonyl (C=O) groups excluding carboxylic acids is 1. The Bertz CT molecular complexity index is 975. The number of sulfonamides is 1. The maximum absolute atomic E-state index is 13.0. The molecule has 0 aliphatic carbocycles. The molecule has 8 heteroatoms. The van der Waals surface area contributed by atoms with Crippen LogP contribution >= 0.6 is 23.2 Å². The molecular weight excluding hydrogens is 431 g/mol. The fourth-order valence-corrected chi connectivity index (χ4v) is 5.67. The molecule has 2 aromatic carbocycles. The summed E-state index contributed by atoms with van der Waals surface area (Å²) in [4.78, 5) is 15.0. The van der Waals surface area contributed by atoms with E-state index in [9.17, 15) is 13.2 Å². The number of piperidine rings is 1. The van der Waals surface area contributed by atoms with Crippen molar-refractivity contribution in [2.45, 2.75) is 30.7 Å². The van der Waals surface area contributed by atoms with Gasteiger partial charge in [0.25, 0.3) is 0 Å². The summed E-state index contributed by atoms with van der Waals surface area (Å²) < 4.78 is 27.0. The number of benzene rings is 2. The molecule has 1 amide bonds. The number of rotatable bonds is 5. The molecule has 1 aliphatic rings. The molecule has 29 heavy (non-hydrogen) atoms. The summed E-state index contributed by atoms with van der Waals surface area (Å²) in [6.07, 6.45) is 0.993. The first kappa shape index (κ1) is 22.1. The molecule has 156 valence electrons. The lowest BCUT2D eigenvalue weighted by atomic mass is 9.95. The van der Waals surface area contributed by atoms with Crippen LogP contribution in [0.25, 0.3) is 0 Å². The van der Waals surface area contributed by atoms with Gasteiger partial charge >= 0.3 is 0 Å². The average molecular weight is 455 g/mol. The van der Waals surface area contributed by atoms with Crippen molar-refractivity contribution >= 4 is 39.1 Å². The first-order valence-electron chi connectivity index (χ1n) is 9.48. The van der Waals surface area contributed by atoms with Gasteiger partial charge in [-0.2, -0.15) is 4.31 Å². The number of carbonyl (C=O) groups is 1. The highest BCUT2D eigenvalue weighted by Crippen LogP contribution is 2.31. The van der Waals surface area contributed by atoms with E-state index >= 15 is 0 Å². The fourth-order valence-electron chi connectivity index (χ4n) is 3.61. The van der Waals surface area contributed by atoms with Crippen LogP contribution in [0, 0.1) is 5.92 Å². The molecular formula is C21H24Cl2N2O3S. The van der Waals surface area contributed by atoms with Gasteiger partial charge in [-0.05, 0) is 49.6 Å². The summed E-state index contributed by atoms with van der Waals surface area (Å²) >= 11 is 12.3.